The number of hydrogen-bond acceptors (Lipinski definition) is 2. The van der Waals surface area contributed by atoms with Gasteiger partial charge in [0.2, 0.25) is 5.91 Å². The third-order valence-corrected chi connectivity index (χ3v) is 4.08. The van der Waals surface area contributed by atoms with Gasteiger partial charge in [0.15, 0.2) is 0 Å². The van der Waals surface area contributed by atoms with Crippen molar-refractivity contribution in [2.45, 2.75) is 13.0 Å². The fourth-order valence-corrected chi connectivity index (χ4v) is 2.37. The molecule has 0 unspecified atom stereocenters. The molecule has 3 nitrogen and oxygen atoms in total. The number of carbonyl (C=O) groups excluding carboxylic acids is 1. The summed E-state index contributed by atoms with van der Waals surface area (Å²) in [7, 11) is 3.39. The molecule has 0 atom stereocenters. The van der Waals surface area contributed by atoms with Crippen LogP contribution < -0.4 is 4.74 Å². The Hall–Kier alpha value is -1.71. The van der Waals surface area contributed by atoms with Gasteiger partial charge in [-0.05, 0) is 35.4 Å². The lowest BCUT2D eigenvalue weighted by atomic mass is 10.1. The molecular weight excluding hydrogens is 321 g/mol. The molecule has 116 valence electrons. The monoisotopic (exact) mass is 337 g/mol. The number of likely N-dealkylation sites (N-methyl/N-ethyl adjacent to an activating group) is 1. The SMILES string of the molecule is COc1ccc(CC(=O)N(C)Cc2ccc(Cl)c(Cl)c2)cc1. The highest BCUT2D eigenvalue weighted by atomic mass is 35.5. The van der Waals surface area contributed by atoms with Crippen LogP contribution >= 0.6 is 23.2 Å². The third-order valence-electron chi connectivity index (χ3n) is 3.34. The van der Waals surface area contributed by atoms with E-state index in [1.54, 1.807) is 31.2 Å². The summed E-state index contributed by atoms with van der Waals surface area (Å²) in [6.45, 7) is 0.492. The lowest BCUT2D eigenvalue weighted by Crippen LogP contribution is -2.27. The standard InChI is InChI=1S/C17H17Cl2NO2/c1-20(11-13-5-8-15(18)16(19)9-13)17(21)10-12-3-6-14(22-2)7-4-12/h3-9H,10-11H2,1-2H3. The number of nitrogens with zero attached hydrogens (tertiary/aromatic N) is 1. The molecule has 0 spiro atoms. The van der Waals surface area contributed by atoms with Gasteiger partial charge in [0.25, 0.3) is 0 Å². The quantitative estimate of drug-likeness (QED) is 0.818. The number of methoxy groups -OCH3 is 1. The van der Waals surface area contributed by atoms with Gasteiger partial charge in [-0.15, -0.1) is 0 Å². The maximum Gasteiger partial charge on any atom is 0.227 e. The number of rotatable bonds is 5. The van der Waals surface area contributed by atoms with Gasteiger partial charge in [0, 0.05) is 13.6 Å². The van der Waals surface area contributed by atoms with Gasteiger partial charge in [-0.3, -0.25) is 4.79 Å². The predicted molar refractivity (Wildman–Crippen MR) is 89.6 cm³/mol. The number of ether oxygens (including phenoxy) is 1. The van der Waals surface area contributed by atoms with Crippen LogP contribution in [0.2, 0.25) is 10.0 Å². The second-order valence-electron chi connectivity index (χ2n) is 5.02. The van der Waals surface area contributed by atoms with E-state index in [0.29, 0.717) is 23.0 Å². The van der Waals surface area contributed by atoms with Crippen LogP contribution in [-0.2, 0) is 17.8 Å². The first-order chi connectivity index (χ1) is 10.5. The molecule has 1 amide bonds. The van der Waals surface area contributed by atoms with Gasteiger partial charge in [0.1, 0.15) is 5.75 Å². The van der Waals surface area contributed by atoms with Gasteiger partial charge >= 0.3 is 0 Å². The van der Waals surface area contributed by atoms with Crippen molar-refractivity contribution in [1.82, 2.24) is 4.90 Å². The highest BCUT2D eigenvalue weighted by molar-refractivity contribution is 6.42. The van der Waals surface area contributed by atoms with Crippen molar-refractivity contribution in [3.05, 3.63) is 63.6 Å². The third kappa shape index (κ3) is 4.39. The number of benzene rings is 2. The van der Waals surface area contributed by atoms with E-state index >= 15 is 0 Å². The number of carbonyl (C=O) groups is 1. The molecule has 0 aliphatic rings. The van der Waals surface area contributed by atoms with Crippen LogP contribution in [0.5, 0.6) is 5.75 Å². The van der Waals surface area contributed by atoms with E-state index in [1.807, 2.05) is 30.3 Å². The Morgan fingerprint density at radius 2 is 1.68 bits per heavy atom. The molecule has 22 heavy (non-hydrogen) atoms. The Bertz CT molecular complexity index is 656. The summed E-state index contributed by atoms with van der Waals surface area (Å²) in [6, 6.07) is 12.9. The second-order valence-corrected chi connectivity index (χ2v) is 5.84. The van der Waals surface area contributed by atoms with Crippen LogP contribution in [0.1, 0.15) is 11.1 Å². The summed E-state index contributed by atoms with van der Waals surface area (Å²) < 4.78 is 5.10. The minimum absolute atomic E-state index is 0.0382. The molecule has 0 N–H and O–H groups in total. The van der Waals surface area contributed by atoms with E-state index in [9.17, 15) is 4.79 Å². The zero-order valence-corrected chi connectivity index (χ0v) is 14.0. The molecule has 2 rings (SSSR count). The molecule has 0 saturated carbocycles. The Morgan fingerprint density at radius 3 is 2.27 bits per heavy atom. The first kappa shape index (κ1) is 16.7. The van der Waals surface area contributed by atoms with E-state index in [1.165, 1.54) is 0 Å². The van der Waals surface area contributed by atoms with Crippen molar-refractivity contribution in [2.24, 2.45) is 0 Å². The van der Waals surface area contributed by atoms with Crippen LogP contribution in [0, 0.1) is 0 Å². The summed E-state index contributed by atoms with van der Waals surface area (Å²) in [6.07, 6.45) is 0.349. The zero-order valence-electron chi connectivity index (χ0n) is 12.5. The van der Waals surface area contributed by atoms with Crippen LogP contribution in [0.3, 0.4) is 0 Å². The maximum absolute atomic E-state index is 12.3. The number of amides is 1. The fourth-order valence-electron chi connectivity index (χ4n) is 2.05. The molecule has 0 aromatic heterocycles. The van der Waals surface area contributed by atoms with Crippen molar-refractivity contribution in [3.8, 4) is 5.75 Å². The van der Waals surface area contributed by atoms with E-state index in [2.05, 4.69) is 0 Å². The van der Waals surface area contributed by atoms with Gasteiger partial charge in [-0.25, -0.2) is 0 Å². The Kier molecular flexibility index (Phi) is 5.69. The molecule has 0 aliphatic heterocycles. The van der Waals surface area contributed by atoms with Gasteiger partial charge in [-0.2, -0.15) is 0 Å². The average Bonchev–Trinajstić information content (AvgIpc) is 2.51. The average molecular weight is 338 g/mol. The molecule has 2 aromatic rings. The molecule has 0 radical (unpaired) electrons. The van der Waals surface area contributed by atoms with E-state index in [4.69, 9.17) is 27.9 Å². The van der Waals surface area contributed by atoms with Gasteiger partial charge < -0.3 is 9.64 Å². The largest absolute Gasteiger partial charge is 0.497 e. The molecule has 0 aliphatic carbocycles. The molecule has 0 saturated heterocycles. The minimum atomic E-state index is 0.0382. The Morgan fingerprint density at radius 1 is 1.05 bits per heavy atom. The Labute approximate surface area is 140 Å². The summed E-state index contributed by atoms with van der Waals surface area (Å²) in [5.74, 6) is 0.816. The predicted octanol–water partition coefficient (Wildman–Crippen LogP) is 4.20. The number of halogens is 2. The molecule has 5 heteroatoms. The van der Waals surface area contributed by atoms with Crippen LogP contribution in [-0.4, -0.2) is 25.0 Å². The van der Waals surface area contributed by atoms with Crippen LogP contribution in [0.4, 0.5) is 0 Å². The van der Waals surface area contributed by atoms with Gasteiger partial charge in [0.05, 0.1) is 23.6 Å². The molecule has 2 aromatic carbocycles. The summed E-state index contributed by atoms with van der Waals surface area (Å²) in [5, 5.41) is 1.01. The molecule has 0 fully saturated rings. The van der Waals surface area contributed by atoms with Crippen molar-refractivity contribution in [1.29, 1.82) is 0 Å². The van der Waals surface area contributed by atoms with Gasteiger partial charge in [-0.1, -0.05) is 41.4 Å². The van der Waals surface area contributed by atoms with E-state index in [0.717, 1.165) is 16.9 Å². The zero-order chi connectivity index (χ0) is 16.1. The maximum atomic E-state index is 12.3. The first-order valence-electron chi connectivity index (χ1n) is 6.80. The minimum Gasteiger partial charge on any atom is -0.497 e. The van der Waals surface area contributed by atoms with E-state index in [-0.39, 0.29) is 5.91 Å². The molecule has 0 bridgehead atoms. The van der Waals surface area contributed by atoms with E-state index < -0.39 is 0 Å². The van der Waals surface area contributed by atoms with Crippen molar-refractivity contribution in [2.75, 3.05) is 14.2 Å². The lowest BCUT2D eigenvalue weighted by Gasteiger charge is -2.18. The smallest absolute Gasteiger partial charge is 0.227 e. The first-order valence-corrected chi connectivity index (χ1v) is 7.56. The highest BCUT2D eigenvalue weighted by Crippen LogP contribution is 2.23. The molecular formula is C17H17Cl2NO2. The highest BCUT2D eigenvalue weighted by Gasteiger charge is 2.11. The second kappa shape index (κ2) is 7.52. The normalized spacial score (nSPS) is 10.4. The van der Waals surface area contributed by atoms with Crippen LogP contribution in [0.15, 0.2) is 42.5 Å². The summed E-state index contributed by atoms with van der Waals surface area (Å²) in [5.41, 5.74) is 1.90. The summed E-state index contributed by atoms with van der Waals surface area (Å²) >= 11 is 11.9. The van der Waals surface area contributed by atoms with Crippen LogP contribution in [0.25, 0.3) is 0 Å². The Balaban J connectivity index is 1.97. The topological polar surface area (TPSA) is 29.5 Å². The lowest BCUT2D eigenvalue weighted by molar-refractivity contribution is -0.129. The van der Waals surface area contributed by atoms with Crippen molar-refractivity contribution >= 4 is 29.1 Å². The summed E-state index contributed by atoms with van der Waals surface area (Å²) in [4.78, 5) is 13.9. The fraction of sp³-hybridized carbons (Fsp3) is 0.235. The number of hydrogen-bond donors (Lipinski definition) is 0. The van der Waals surface area contributed by atoms with Crippen molar-refractivity contribution < 1.29 is 9.53 Å². The molecule has 0 heterocycles. The van der Waals surface area contributed by atoms with Crippen molar-refractivity contribution in [3.63, 3.8) is 0 Å².